The number of aromatic nitrogens is 2. The highest BCUT2D eigenvalue weighted by molar-refractivity contribution is 7.09. The van der Waals surface area contributed by atoms with Crippen molar-refractivity contribution < 1.29 is 9.53 Å². The van der Waals surface area contributed by atoms with Crippen molar-refractivity contribution in [3.63, 3.8) is 0 Å². The van der Waals surface area contributed by atoms with Crippen LogP contribution in [0.5, 0.6) is 0 Å². The Bertz CT molecular complexity index is 767. The van der Waals surface area contributed by atoms with E-state index in [-0.39, 0.29) is 11.3 Å². The number of nitrogens with zero attached hydrogens (tertiary/aromatic N) is 4. The maximum atomic E-state index is 13.0. The highest BCUT2D eigenvalue weighted by Gasteiger charge is 2.42. The average Bonchev–Trinajstić information content (AvgIpc) is 3.22. The van der Waals surface area contributed by atoms with Gasteiger partial charge in [-0.2, -0.15) is 0 Å². The number of hydrogen-bond donors (Lipinski definition) is 0. The molecule has 0 aromatic carbocycles. The molecule has 0 N–H and O–H groups in total. The van der Waals surface area contributed by atoms with E-state index in [9.17, 15) is 4.79 Å². The molecule has 1 amide bonds. The molecule has 1 atom stereocenters. The molecule has 26 heavy (non-hydrogen) atoms. The molecule has 0 bridgehead atoms. The van der Waals surface area contributed by atoms with Crippen LogP contribution in [-0.4, -0.2) is 65.1 Å². The van der Waals surface area contributed by atoms with Crippen LogP contribution >= 0.6 is 11.3 Å². The summed E-state index contributed by atoms with van der Waals surface area (Å²) in [5, 5.41) is 3.17. The zero-order chi connectivity index (χ0) is 18.0. The number of amides is 1. The van der Waals surface area contributed by atoms with Crippen LogP contribution in [0.1, 0.15) is 27.6 Å². The molecule has 2 aliphatic heterocycles. The molecule has 7 heteroatoms. The number of thiazole rings is 1. The van der Waals surface area contributed by atoms with Gasteiger partial charge in [0, 0.05) is 42.3 Å². The third kappa shape index (κ3) is 3.79. The average molecular weight is 372 g/mol. The number of ether oxygens (including phenoxy) is 1. The second kappa shape index (κ2) is 7.42. The number of likely N-dealkylation sites (tertiary alicyclic amines) is 1. The lowest BCUT2D eigenvalue weighted by Gasteiger charge is -2.31. The summed E-state index contributed by atoms with van der Waals surface area (Å²) in [5.74, 6) is 0.0111. The molecule has 2 aliphatic rings. The summed E-state index contributed by atoms with van der Waals surface area (Å²) in [4.78, 5) is 26.1. The van der Waals surface area contributed by atoms with Crippen LogP contribution in [0.2, 0.25) is 0 Å². The van der Waals surface area contributed by atoms with Crippen molar-refractivity contribution in [2.45, 2.75) is 19.9 Å². The van der Waals surface area contributed by atoms with Crippen LogP contribution in [0, 0.1) is 12.3 Å². The van der Waals surface area contributed by atoms with Gasteiger partial charge in [0.2, 0.25) is 0 Å². The second-order valence-corrected chi connectivity index (χ2v) is 8.31. The van der Waals surface area contributed by atoms with Gasteiger partial charge in [-0.15, -0.1) is 11.3 Å². The lowest BCUT2D eigenvalue weighted by atomic mass is 9.87. The summed E-state index contributed by atoms with van der Waals surface area (Å²) in [6.07, 6.45) is 2.90. The van der Waals surface area contributed by atoms with Crippen molar-refractivity contribution in [1.82, 2.24) is 19.8 Å². The third-order valence-electron chi connectivity index (χ3n) is 5.19. The van der Waals surface area contributed by atoms with Crippen molar-refractivity contribution >= 4 is 17.2 Å². The topological polar surface area (TPSA) is 58.6 Å². The van der Waals surface area contributed by atoms with Gasteiger partial charge in [-0.25, -0.2) is 9.97 Å². The molecule has 2 fully saturated rings. The van der Waals surface area contributed by atoms with Gasteiger partial charge in [0.25, 0.3) is 5.91 Å². The largest absolute Gasteiger partial charge is 0.379 e. The number of hydrogen-bond acceptors (Lipinski definition) is 6. The molecule has 0 unspecified atom stereocenters. The SMILES string of the molecule is Cc1cccc(C(=O)N2CCOC[C@@]3(CCN(Cc4nccs4)C3)C2)n1. The van der Waals surface area contributed by atoms with Crippen molar-refractivity contribution in [2.24, 2.45) is 5.41 Å². The maximum absolute atomic E-state index is 13.0. The van der Waals surface area contributed by atoms with Gasteiger partial charge in [-0.3, -0.25) is 9.69 Å². The highest BCUT2D eigenvalue weighted by Crippen LogP contribution is 2.34. The molecule has 2 aromatic heterocycles. The number of rotatable bonds is 3. The van der Waals surface area contributed by atoms with E-state index in [1.54, 1.807) is 17.4 Å². The zero-order valence-electron chi connectivity index (χ0n) is 15.1. The van der Waals surface area contributed by atoms with E-state index in [1.807, 2.05) is 35.5 Å². The smallest absolute Gasteiger partial charge is 0.272 e. The van der Waals surface area contributed by atoms with Gasteiger partial charge in [0.15, 0.2) is 0 Å². The lowest BCUT2D eigenvalue weighted by Crippen LogP contribution is -2.43. The van der Waals surface area contributed by atoms with Gasteiger partial charge in [-0.1, -0.05) is 6.07 Å². The van der Waals surface area contributed by atoms with Gasteiger partial charge in [0.1, 0.15) is 10.7 Å². The summed E-state index contributed by atoms with van der Waals surface area (Å²) in [6.45, 7) is 7.42. The van der Waals surface area contributed by atoms with Crippen LogP contribution in [0.3, 0.4) is 0 Å². The summed E-state index contributed by atoms with van der Waals surface area (Å²) >= 11 is 1.70. The van der Waals surface area contributed by atoms with Crippen molar-refractivity contribution in [3.8, 4) is 0 Å². The van der Waals surface area contributed by atoms with Gasteiger partial charge in [-0.05, 0) is 32.0 Å². The fourth-order valence-electron chi connectivity index (χ4n) is 3.92. The fourth-order valence-corrected chi connectivity index (χ4v) is 4.58. The summed E-state index contributed by atoms with van der Waals surface area (Å²) < 4.78 is 5.90. The Morgan fingerprint density at radius 1 is 1.35 bits per heavy atom. The maximum Gasteiger partial charge on any atom is 0.272 e. The Morgan fingerprint density at radius 3 is 3.08 bits per heavy atom. The van der Waals surface area contributed by atoms with Gasteiger partial charge < -0.3 is 9.64 Å². The molecule has 0 saturated carbocycles. The lowest BCUT2D eigenvalue weighted by molar-refractivity contribution is 0.0640. The number of carbonyl (C=O) groups excluding carboxylic acids is 1. The molecule has 6 nitrogen and oxygen atoms in total. The monoisotopic (exact) mass is 372 g/mol. The molecular formula is C19H24N4O2S. The van der Waals surface area contributed by atoms with E-state index < -0.39 is 0 Å². The van der Waals surface area contributed by atoms with Crippen molar-refractivity contribution in [3.05, 3.63) is 46.2 Å². The minimum absolute atomic E-state index is 0.00719. The highest BCUT2D eigenvalue weighted by atomic mass is 32.1. The standard InChI is InChI=1S/C19H24N4O2S/c1-15-3-2-4-16(21-15)18(24)23-8-9-25-14-19(13-23)5-7-22(12-19)11-17-20-6-10-26-17/h2-4,6,10H,5,7-9,11-14H2,1H3/t19-/m1/s1. The Labute approximate surface area is 157 Å². The molecule has 2 saturated heterocycles. The second-order valence-electron chi connectivity index (χ2n) is 7.33. The fraction of sp³-hybridized carbons (Fsp3) is 0.526. The predicted octanol–water partition coefficient (Wildman–Crippen LogP) is 2.21. The molecule has 0 radical (unpaired) electrons. The zero-order valence-corrected chi connectivity index (χ0v) is 15.9. The first-order valence-corrected chi connectivity index (χ1v) is 9.93. The summed E-state index contributed by atoms with van der Waals surface area (Å²) in [6, 6.07) is 5.61. The van der Waals surface area contributed by atoms with Crippen LogP contribution < -0.4 is 0 Å². The minimum atomic E-state index is 0.00719. The van der Waals surface area contributed by atoms with E-state index in [2.05, 4.69) is 14.9 Å². The first-order chi connectivity index (χ1) is 12.6. The van der Waals surface area contributed by atoms with E-state index in [4.69, 9.17) is 4.74 Å². The molecule has 4 rings (SSSR count). The number of carbonyl (C=O) groups is 1. The molecule has 2 aromatic rings. The Morgan fingerprint density at radius 2 is 2.27 bits per heavy atom. The van der Waals surface area contributed by atoms with Crippen LogP contribution in [0.4, 0.5) is 0 Å². The van der Waals surface area contributed by atoms with E-state index in [0.717, 1.165) is 43.3 Å². The first-order valence-electron chi connectivity index (χ1n) is 9.05. The third-order valence-corrected chi connectivity index (χ3v) is 5.96. The normalized spacial score (nSPS) is 24.1. The molecule has 4 heterocycles. The van der Waals surface area contributed by atoms with Crippen molar-refractivity contribution in [1.29, 1.82) is 0 Å². The van der Waals surface area contributed by atoms with Crippen LogP contribution in [-0.2, 0) is 11.3 Å². The van der Waals surface area contributed by atoms with Crippen LogP contribution in [0.15, 0.2) is 29.8 Å². The van der Waals surface area contributed by atoms with E-state index in [0.29, 0.717) is 25.5 Å². The van der Waals surface area contributed by atoms with Gasteiger partial charge >= 0.3 is 0 Å². The number of pyridine rings is 1. The molecular weight excluding hydrogens is 348 g/mol. The predicted molar refractivity (Wildman–Crippen MR) is 100 cm³/mol. The Balaban J connectivity index is 1.46. The quantitative estimate of drug-likeness (QED) is 0.827. The summed E-state index contributed by atoms with van der Waals surface area (Å²) in [7, 11) is 0. The summed E-state index contributed by atoms with van der Waals surface area (Å²) in [5.41, 5.74) is 1.40. The Kier molecular flexibility index (Phi) is 5.02. The first kappa shape index (κ1) is 17.6. The van der Waals surface area contributed by atoms with E-state index >= 15 is 0 Å². The molecule has 0 aliphatic carbocycles. The van der Waals surface area contributed by atoms with Crippen LogP contribution in [0.25, 0.3) is 0 Å². The van der Waals surface area contributed by atoms with E-state index in [1.165, 1.54) is 0 Å². The van der Waals surface area contributed by atoms with Gasteiger partial charge in [0.05, 0.1) is 19.8 Å². The Hall–Kier alpha value is -1.83. The van der Waals surface area contributed by atoms with Crippen molar-refractivity contribution in [2.75, 3.05) is 39.4 Å². The number of aryl methyl sites for hydroxylation is 1. The molecule has 1 spiro atoms. The molecule has 138 valence electrons. The minimum Gasteiger partial charge on any atom is -0.379 e.